The number of fused-ring (bicyclic) bond motifs is 3. The minimum Gasteiger partial charge on any atom is -0.356 e. The van der Waals surface area contributed by atoms with Gasteiger partial charge in [0.05, 0.1) is 0 Å². The Bertz CT molecular complexity index is 1220. The molecule has 0 atom stereocenters. The van der Waals surface area contributed by atoms with Gasteiger partial charge in [-0.05, 0) is 63.0 Å². The fourth-order valence-electron chi connectivity index (χ4n) is 3.65. The van der Waals surface area contributed by atoms with Gasteiger partial charge in [0, 0.05) is 11.4 Å². The summed E-state index contributed by atoms with van der Waals surface area (Å²) in [7, 11) is 0. The summed E-state index contributed by atoms with van der Waals surface area (Å²) < 4.78 is 0. The van der Waals surface area contributed by atoms with Crippen molar-refractivity contribution in [3.05, 3.63) is 109 Å². The maximum Gasteiger partial charge on any atom is 0.0390 e. The van der Waals surface area contributed by atoms with Crippen LogP contribution in [0.15, 0.2) is 109 Å². The van der Waals surface area contributed by atoms with Crippen molar-refractivity contribution in [3.63, 3.8) is 0 Å². The van der Waals surface area contributed by atoms with Gasteiger partial charge in [0.1, 0.15) is 0 Å². The summed E-state index contributed by atoms with van der Waals surface area (Å²) in [5, 5.41) is 8.57. The van der Waals surface area contributed by atoms with Crippen molar-refractivity contribution in [2.45, 2.75) is 0 Å². The van der Waals surface area contributed by atoms with Crippen LogP contribution < -0.4 is 5.32 Å². The van der Waals surface area contributed by atoms with Crippen LogP contribution in [0.5, 0.6) is 0 Å². The topological polar surface area (TPSA) is 12.0 Å². The summed E-state index contributed by atoms with van der Waals surface area (Å²) in [4.78, 5) is 0. The van der Waals surface area contributed by atoms with Crippen LogP contribution in [0.1, 0.15) is 0 Å². The molecule has 0 radical (unpaired) electrons. The molecule has 5 aromatic carbocycles. The van der Waals surface area contributed by atoms with Crippen molar-refractivity contribution in [3.8, 4) is 11.1 Å². The average molecular weight is 345 g/mol. The van der Waals surface area contributed by atoms with Crippen molar-refractivity contribution >= 4 is 32.9 Å². The number of hydrogen-bond donors (Lipinski definition) is 1. The minimum atomic E-state index is 1.10. The molecule has 0 bridgehead atoms. The predicted octanol–water partition coefficient (Wildman–Crippen LogP) is 7.40. The number of rotatable bonds is 3. The van der Waals surface area contributed by atoms with Gasteiger partial charge in [-0.2, -0.15) is 0 Å². The van der Waals surface area contributed by atoms with Crippen LogP contribution >= 0.6 is 0 Å². The Balaban J connectivity index is 1.57. The highest BCUT2D eigenvalue weighted by Crippen LogP contribution is 2.31. The first-order valence-electron chi connectivity index (χ1n) is 9.21. The van der Waals surface area contributed by atoms with Gasteiger partial charge in [-0.1, -0.05) is 78.9 Å². The average Bonchev–Trinajstić information content (AvgIpc) is 2.74. The number of para-hydroxylation sites is 1. The number of benzene rings is 5. The van der Waals surface area contributed by atoms with Crippen molar-refractivity contribution in [1.82, 2.24) is 0 Å². The third-order valence-corrected chi connectivity index (χ3v) is 5.01. The van der Waals surface area contributed by atoms with Crippen LogP contribution in [-0.2, 0) is 0 Å². The van der Waals surface area contributed by atoms with Gasteiger partial charge in [-0.3, -0.25) is 0 Å². The molecule has 0 heterocycles. The molecular weight excluding hydrogens is 326 g/mol. The largest absolute Gasteiger partial charge is 0.356 e. The smallest absolute Gasteiger partial charge is 0.0390 e. The molecule has 1 heteroatoms. The molecule has 0 saturated carbocycles. The van der Waals surface area contributed by atoms with Gasteiger partial charge in [0.15, 0.2) is 0 Å². The van der Waals surface area contributed by atoms with E-state index >= 15 is 0 Å². The Morgan fingerprint density at radius 3 is 1.78 bits per heavy atom. The van der Waals surface area contributed by atoms with Gasteiger partial charge in [-0.15, -0.1) is 0 Å². The maximum atomic E-state index is 3.47. The summed E-state index contributed by atoms with van der Waals surface area (Å²) in [6.45, 7) is 0. The van der Waals surface area contributed by atoms with Crippen LogP contribution in [0, 0.1) is 0 Å². The second-order valence-electron chi connectivity index (χ2n) is 6.79. The zero-order valence-corrected chi connectivity index (χ0v) is 14.9. The number of nitrogens with one attached hydrogen (secondary N) is 1. The van der Waals surface area contributed by atoms with E-state index in [1.807, 2.05) is 18.2 Å². The van der Waals surface area contributed by atoms with E-state index in [1.54, 1.807) is 0 Å². The van der Waals surface area contributed by atoms with E-state index in [0.717, 1.165) is 11.4 Å². The molecule has 5 aromatic rings. The lowest BCUT2D eigenvalue weighted by molar-refractivity contribution is 1.57. The number of hydrogen-bond acceptors (Lipinski definition) is 1. The zero-order valence-electron chi connectivity index (χ0n) is 14.9. The van der Waals surface area contributed by atoms with E-state index in [-0.39, 0.29) is 0 Å². The second kappa shape index (κ2) is 6.62. The minimum absolute atomic E-state index is 1.10. The summed E-state index contributed by atoms with van der Waals surface area (Å²) in [5.74, 6) is 0. The molecular formula is C26H19N. The standard InChI is InChI=1S/C26H19N/c1-3-7-19(8-4-1)20-13-15-25-21(17-20)11-12-22-18-24(14-16-26(22)25)27-23-9-5-2-6-10-23/h1-18,27H. The van der Waals surface area contributed by atoms with Gasteiger partial charge in [0.25, 0.3) is 0 Å². The molecule has 0 aliphatic rings. The van der Waals surface area contributed by atoms with Crippen LogP contribution in [0.4, 0.5) is 11.4 Å². The first-order chi connectivity index (χ1) is 13.4. The van der Waals surface area contributed by atoms with Gasteiger partial charge >= 0.3 is 0 Å². The highest BCUT2D eigenvalue weighted by atomic mass is 14.9. The first kappa shape index (κ1) is 15.7. The molecule has 0 amide bonds. The van der Waals surface area contributed by atoms with E-state index in [0.29, 0.717) is 0 Å². The van der Waals surface area contributed by atoms with Crippen molar-refractivity contribution in [2.24, 2.45) is 0 Å². The maximum absolute atomic E-state index is 3.47. The fraction of sp³-hybridized carbons (Fsp3) is 0. The summed E-state index contributed by atoms with van der Waals surface area (Å²) in [5.41, 5.74) is 4.71. The highest BCUT2D eigenvalue weighted by Gasteiger charge is 2.04. The highest BCUT2D eigenvalue weighted by molar-refractivity contribution is 6.09. The van der Waals surface area contributed by atoms with E-state index < -0.39 is 0 Å². The Labute approximate surface area is 158 Å². The second-order valence-corrected chi connectivity index (χ2v) is 6.79. The lowest BCUT2D eigenvalue weighted by Crippen LogP contribution is -1.89. The van der Waals surface area contributed by atoms with E-state index in [4.69, 9.17) is 0 Å². The fourth-order valence-corrected chi connectivity index (χ4v) is 3.65. The van der Waals surface area contributed by atoms with E-state index in [1.165, 1.54) is 32.7 Å². The molecule has 0 fully saturated rings. The monoisotopic (exact) mass is 345 g/mol. The normalized spacial score (nSPS) is 11.0. The van der Waals surface area contributed by atoms with Crippen LogP contribution in [0.2, 0.25) is 0 Å². The third kappa shape index (κ3) is 3.04. The Hall–Kier alpha value is -3.58. The van der Waals surface area contributed by atoms with Crippen molar-refractivity contribution in [1.29, 1.82) is 0 Å². The Kier molecular flexibility index (Phi) is 3.84. The van der Waals surface area contributed by atoms with Crippen LogP contribution in [0.3, 0.4) is 0 Å². The van der Waals surface area contributed by atoms with Crippen LogP contribution in [0.25, 0.3) is 32.7 Å². The zero-order chi connectivity index (χ0) is 18.1. The molecule has 0 spiro atoms. The van der Waals surface area contributed by atoms with Crippen LogP contribution in [-0.4, -0.2) is 0 Å². The lowest BCUT2D eigenvalue weighted by atomic mass is 9.97. The summed E-state index contributed by atoms with van der Waals surface area (Å²) >= 11 is 0. The summed E-state index contributed by atoms with van der Waals surface area (Å²) in [6, 6.07) is 38.6. The Morgan fingerprint density at radius 1 is 0.407 bits per heavy atom. The SMILES string of the molecule is c1ccc(Nc2ccc3c(ccc4cc(-c5ccccc5)ccc43)c2)cc1. The van der Waals surface area contributed by atoms with Crippen molar-refractivity contribution in [2.75, 3.05) is 5.32 Å². The molecule has 0 unspecified atom stereocenters. The van der Waals surface area contributed by atoms with Gasteiger partial charge in [0.2, 0.25) is 0 Å². The van der Waals surface area contributed by atoms with E-state index in [9.17, 15) is 0 Å². The van der Waals surface area contributed by atoms with Gasteiger partial charge < -0.3 is 5.32 Å². The quantitative estimate of drug-likeness (QED) is 0.336. The molecule has 1 N–H and O–H groups in total. The number of anilines is 2. The van der Waals surface area contributed by atoms with E-state index in [2.05, 4.69) is 96.3 Å². The Morgan fingerprint density at radius 2 is 1.04 bits per heavy atom. The third-order valence-electron chi connectivity index (χ3n) is 5.01. The molecule has 5 rings (SSSR count). The molecule has 0 aromatic heterocycles. The molecule has 0 aliphatic heterocycles. The first-order valence-corrected chi connectivity index (χ1v) is 9.21. The van der Waals surface area contributed by atoms with Crippen molar-refractivity contribution < 1.29 is 0 Å². The van der Waals surface area contributed by atoms with Gasteiger partial charge in [-0.25, -0.2) is 0 Å². The molecule has 1 nitrogen and oxygen atoms in total. The predicted molar refractivity (Wildman–Crippen MR) is 117 cm³/mol. The lowest BCUT2D eigenvalue weighted by Gasteiger charge is -2.10. The molecule has 0 aliphatic carbocycles. The summed E-state index contributed by atoms with van der Waals surface area (Å²) in [6.07, 6.45) is 0. The molecule has 27 heavy (non-hydrogen) atoms. The molecule has 128 valence electrons. The molecule has 0 saturated heterocycles.